The van der Waals surface area contributed by atoms with Crippen molar-refractivity contribution >= 4 is 19.9 Å². The molecule has 5 heteroatoms. The molecule has 3 aromatic rings. The summed E-state index contributed by atoms with van der Waals surface area (Å²) in [7, 11) is -2.14. The first kappa shape index (κ1) is 21.6. The quantitative estimate of drug-likeness (QED) is 0.439. The molecular formula is C28H26O4Si. The molecule has 0 saturated carbocycles. The number of benzene rings is 3. The van der Waals surface area contributed by atoms with E-state index in [4.69, 9.17) is 9.16 Å². The number of carbonyl (C=O) groups is 2. The normalized spacial score (nSPS) is 22.5. The first-order valence-corrected chi connectivity index (χ1v) is 14.6. The summed E-state index contributed by atoms with van der Waals surface area (Å²) in [4.78, 5) is 27.4. The number of ether oxygens (including phenoxy) is 1. The van der Waals surface area contributed by atoms with Crippen LogP contribution >= 0.6 is 0 Å². The molecule has 0 fully saturated rings. The zero-order valence-electron chi connectivity index (χ0n) is 19.0. The van der Waals surface area contributed by atoms with Gasteiger partial charge in [-0.3, -0.25) is 9.59 Å². The van der Waals surface area contributed by atoms with E-state index in [9.17, 15) is 9.59 Å². The van der Waals surface area contributed by atoms with Crippen LogP contribution in [-0.2, 0) is 14.9 Å². The molecule has 1 heterocycles. The van der Waals surface area contributed by atoms with Gasteiger partial charge in [0.1, 0.15) is 0 Å². The Morgan fingerprint density at radius 1 is 0.788 bits per heavy atom. The van der Waals surface area contributed by atoms with Crippen LogP contribution in [-0.4, -0.2) is 19.9 Å². The Hall–Kier alpha value is -3.28. The van der Waals surface area contributed by atoms with Gasteiger partial charge in [-0.1, -0.05) is 84.9 Å². The van der Waals surface area contributed by atoms with Crippen molar-refractivity contribution in [3.05, 3.63) is 119 Å². The van der Waals surface area contributed by atoms with Crippen LogP contribution in [0.3, 0.4) is 0 Å². The Bertz CT molecular complexity index is 1260. The molecule has 0 aromatic heterocycles. The van der Waals surface area contributed by atoms with E-state index < -0.39 is 14.1 Å². The summed E-state index contributed by atoms with van der Waals surface area (Å²) in [5.41, 5.74) is 3.05. The molecule has 0 N–H and O–H groups in total. The summed E-state index contributed by atoms with van der Waals surface area (Å²) in [5, 5.41) is 0. The molecule has 166 valence electrons. The van der Waals surface area contributed by atoms with Crippen LogP contribution in [0.5, 0.6) is 0 Å². The number of Topliss-reactive ketones (excluding diaryl/α,β-unsaturated/α-hetero) is 2. The zero-order valence-corrected chi connectivity index (χ0v) is 20.0. The lowest BCUT2D eigenvalue weighted by Gasteiger charge is -2.46. The number of hydrogen-bond donors (Lipinski definition) is 0. The monoisotopic (exact) mass is 454 g/mol. The second-order valence-corrected chi connectivity index (χ2v) is 14.0. The topological polar surface area (TPSA) is 52.6 Å². The Morgan fingerprint density at radius 3 is 1.94 bits per heavy atom. The van der Waals surface area contributed by atoms with E-state index in [1.165, 1.54) is 0 Å². The summed E-state index contributed by atoms with van der Waals surface area (Å²) >= 11 is 0. The van der Waals surface area contributed by atoms with Crippen LogP contribution in [0, 0.1) is 0 Å². The predicted molar refractivity (Wildman–Crippen MR) is 130 cm³/mol. The minimum absolute atomic E-state index is 0.112. The average Bonchev–Trinajstić information content (AvgIpc) is 2.82. The van der Waals surface area contributed by atoms with Gasteiger partial charge in [-0.15, -0.1) is 0 Å². The minimum Gasteiger partial charge on any atom is -0.454 e. The average molecular weight is 455 g/mol. The highest BCUT2D eigenvalue weighted by Gasteiger charge is 2.52. The van der Waals surface area contributed by atoms with Crippen molar-refractivity contribution in [2.45, 2.75) is 37.8 Å². The van der Waals surface area contributed by atoms with E-state index in [1.807, 2.05) is 60.7 Å². The van der Waals surface area contributed by atoms with Crippen molar-refractivity contribution in [1.82, 2.24) is 0 Å². The summed E-state index contributed by atoms with van der Waals surface area (Å²) in [6, 6.07) is 26.6. The van der Waals surface area contributed by atoms with Gasteiger partial charge in [-0.2, -0.15) is 0 Å². The molecule has 2 atom stereocenters. The fourth-order valence-electron chi connectivity index (χ4n) is 4.82. The van der Waals surface area contributed by atoms with Crippen molar-refractivity contribution in [1.29, 1.82) is 0 Å². The maximum Gasteiger partial charge on any atom is 0.229 e. The highest BCUT2D eigenvalue weighted by atomic mass is 28.4. The fraction of sp³-hybridized carbons (Fsp3) is 0.214. The summed E-state index contributed by atoms with van der Waals surface area (Å²) in [6.45, 7) is 6.31. The van der Waals surface area contributed by atoms with Gasteiger partial charge >= 0.3 is 0 Å². The molecule has 4 nitrogen and oxygen atoms in total. The molecule has 1 aliphatic carbocycles. The van der Waals surface area contributed by atoms with E-state index in [0.29, 0.717) is 23.1 Å². The molecule has 33 heavy (non-hydrogen) atoms. The zero-order chi connectivity index (χ0) is 23.2. The fourth-order valence-corrected chi connectivity index (χ4v) is 6.05. The third-order valence-electron chi connectivity index (χ3n) is 6.09. The van der Waals surface area contributed by atoms with Gasteiger partial charge in [0, 0.05) is 29.0 Å². The highest BCUT2D eigenvalue weighted by Crippen LogP contribution is 2.51. The van der Waals surface area contributed by atoms with Crippen molar-refractivity contribution in [2.75, 3.05) is 0 Å². The SMILES string of the molecule is C[Si](C)(C)O[C@]1(c2ccccc2)C[C@H](c2ccccc2)C2=C(O1)C(=O)c1ccccc1C2=O. The Kier molecular flexibility index (Phi) is 5.19. The van der Waals surface area contributed by atoms with Crippen LogP contribution in [0.15, 0.2) is 96.3 Å². The van der Waals surface area contributed by atoms with Crippen molar-refractivity contribution in [2.24, 2.45) is 0 Å². The first-order chi connectivity index (χ1) is 15.8. The van der Waals surface area contributed by atoms with Gasteiger partial charge in [0.15, 0.2) is 19.9 Å². The second kappa shape index (κ2) is 7.94. The highest BCUT2D eigenvalue weighted by molar-refractivity contribution is 6.69. The summed E-state index contributed by atoms with van der Waals surface area (Å²) < 4.78 is 13.3. The van der Waals surface area contributed by atoms with E-state index >= 15 is 0 Å². The smallest absolute Gasteiger partial charge is 0.229 e. The molecule has 2 aliphatic rings. The third kappa shape index (κ3) is 3.77. The molecule has 1 aliphatic heterocycles. The minimum atomic E-state index is -2.14. The number of ketones is 2. The number of allylic oxidation sites excluding steroid dienone is 2. The van der Waals surface area contributed by atoms with Crippen molar-refractivity contribution in [3.63, 3.8) is 0 Å². The number of fused-ring (bicyclic) bond motifs is 1. The lowest BCUT2D eigenvalue weighted by molar-refractivity contribution is -0.183. The van der Waals surface area contributed by atoms with Gasteiger partial charge in [0.05, 0.1) is 5.57 Å². The molecule has 0 spiro atoms. The second-order valence-electron chi connectivity index (χ2n) is 9.55. The van der Waals surface area contributed by atoms with Gasteiger partial charge in [0.2, 0.25) is 11.6 Å². The standard InChI is InChI=1S/C28H26O4Si/c1-33(2,3)32-28(20-14-8-5-9-15-20)18-23(19-12-6-4-7-13-19)24-25(29)21-16-10-11-17-22(21)26(30)27(24)31-28/h4-17,23H,18H2,1-3H3/t23-,28+/m1/s1. The number of rotatable bonds is 4. The lowest BCUT2D eigenvalue weighted by atomic mass is 9.74. The number of carbonyl (C=O) groups excluding carboxylic acids is 2. The van der Waals surface area contributed by atoms with Gasteiger partial charge in [-0.05, 0) is 25.2 Å². The first-order valence-electron chi connectivity index (χ1n) is 11.2. The summed E-state index contributed by atoms with van der Waals surface area (Å²) in [5.74, 6) is -1.80. The summed E-state index contributed by atoms with van der Waals surface area (Å²) in [6.07, 6.45) is 0.408. The lowest BCUT2D eigenvalue weighted by Crippen LogP contribution is -2.48. The van der Waals surface area contributed by atoms with Crippen LogP contribution in [0.2, 0.25) is 19.6 Å². The van der Waals surface area contributed by atoms with Crippen molar-refractivity contribution in [3.8, 4) is 0 Å². The van der Waals surface area contributed by atoms with E-state index in [2.05, 4.69) is 19.6 Å². The Morgan fingerprint density at radius 2 is 1.33 bits per heavy atom. The molecule has 5 rings (SSSR count). The molecule has 0 amide bonds. The van der Waals surface area contributed by atoms with Gasteiger partial charge in [-0.25, -0.2) is 0 Å². The van der Waals surface area contributed by atoms with E-state index in [1.54, 1.807) is 24.3 Å². The Balaban J connectivity index is 1.76. The van der Waals surface area contributed by atoms with Crippen LogP contribution in [0.25, 0.3) is 0 Å². The predicted octanol–water partition coefficient (Wildman–Crippen LogP) is 6.23. The molecule has 3 aromatic carbocycles. The van der Waals surface area contributed by atoms with Crippen LogP contribution in [0.4, 0.5) is 0 Å². The molecule has 0 radical (unpaired) electrons. The van der Waals surface area contributed by atoms with Gasteiger partial charge < -0.3 is 9.16 Å². The van der Waals surface area contributed by atoms with Crippen LogP contribution < -0.4 is 0 Å². The largest absolute Gasteiger partial charge is 0.454 e. The molecule has 0 bridgehead atoms. The molecule has 0 unspecified atom stereocenters. The van der Waals surface area contributed by atoms with Crippen molar-refractivity contribution < 1.29 is 18.8 Å². The molecule has 0 saturated heterocycles. The third-order valence-corrected chi connectivity index (χ3v) is 7.03. The van der Waals surface area contributed by atoms with E-state index in [-0.39, 0.29) is 23.2 Å². The van der Waals surface area contributed by atoms with Gasteiger partial charge in [0.25, 0.3) is 0 Å². The van der Waals surface area contributed by atoms with Crippen LogP contribution in [0.1, 0.15) is 44.2 Å². The maximum atomic E-state index is 13.7. The maximum absolute atomic E-state index is 13.7. The van der Waals surface area contributed by atoms with E-state index in [0.717, 1.165) is 11.1 Å². The molecular weight excluding hydrogens is 428 g/mol. The Labute approximate surface area is 195 Å². The number of hydrogen-bond acceptors (Lipinski definition) is 4.